The number of thioether (sulfide) groups is 1. The van der Waals surface area contributed by atoms with Crippen LogP contribution in [0, 0.1) is 6.92 Å². The van der Waals surface area contributed by atoms with Crippen molar-refractivity contribution in [2.24, 2.45) is 5.73 Å². The smallest absolute Gasteiger partial charge is 0.321 e. The maximum atomic E-state index is 11.2. The second kappa shape index (κ2) is 5.92. The van der Waals surface area contributed by atoms with Crippen LogP contribution in [0.3, 0.4) is 0 Å². The number of pyridine rings is 1. The van der Waals surface area contributed by atoms with Gasteiger partial charge in [0.2, 0.25) is 5.43 Å². The van der Waals surface area contributed by atoms with Crippen molar-refractivity contribution in [3.8, 4) is 5.75 Å². The third-order valence-electron chi connectivity index (χ3n) is 2.58. The number of carboxylic acids is 1. The number of nitrogens with two attached hydrogens (primary N) is 1. The highest BCUT2D eigenvalue weighted by molar-refractivity contribution is 7.99. The molecule has 6 nitrogen and oxygen atoms in total. The lowest BCUT2D eigenvalue weighted by atomic mass is 10.3. The van der Waals surface area contributed by atoms with Crippen molar-refractivity contribution < 1.29 is 15.0 Å². The van der Waals surface area contributed by atoms with E-state index in [0.717, 1.165) is 0 Å². The highest BCUT2D eigenvalue weighted by Gasteiger charge is 2.16. The van der Waals surface area contributed by atoms with E-state index >= 15 is 0 Å². The second-order valence-corrected chi connectivity index (χ2v) is 5.25. The van der Waals surface area contributed by atoms with Gasteiger partial charge in [0.25, 0.3) is 0 Å². The standard InChI is InChI=1S/C11H16N2O4S/c1-6-10(15)9(14)3-4-13(6)7(2)18-5-8(12)11(16)17/h3-4,7-8,15H,5,12H2,1-2H3,(H,16,17). The van der Waals surface area contributed by atoms with E-state index in [0.29, 0.717) is 5.69 Å². The lowest BCUT2D eigenvalue weighted by molar-refractivity contribution is -0.137. The number of aromatic hydroxyl groups is 1. The van der Waals surface area contributed by atoms with E-state index in [1.165, 1.54) is 17.8 Å². The summed E-state index contributed by atoms with van der Waals surface area (Å²) in [4.78, 5) is 21.8. The predicted octanol–water partition coefficient (Wildman–Crippen LogP) is 0.526. The third kappa shape index (κ3) is 3.27. The predicted molar refractivity (Wildman–Crippen MR) is 69.9 cm³/mol. The van der Waals surface area contributed by atoms with Crippen molar-refractivity contribution in [2.45, 2.75) is 25.3 Å². The molecule has 1 aromatic heterocycles. The summed E-state index contributed by atoms with van der Waals surface area (Å²) >= 11 is 1.34. The molecule has 0 amide bonds. The molecule has 1 heterocycles. The maximum Gasteiger partial charge on any atom is 0.321 e. The first-order chi connectivity index (χ1) is 8.34. The SMILES string of the molecule is Cc1c(O)c(=O)ccn1C(C)SCC(N)C(=O)O. The van der Waals surface area contributed by atoms with Gasteiger partial charge in [0.05, 0.1) is 11.1 Å². The molecule has 0 radical (unpaired) electrons. The zero-order valence-corrected chi connectivity index (χ0v) is 11.0. The molecule has 0 aliphatic heterocycles. The van der Waals surface area contributed by atoms with E-state index in [1.807, 2.05) is 6.92 Å². The van der Waals surface area contributed by atoms with Gasteiger partial charge in [-0.2, -0.15) is 0 Å². The number of aliphatic carboxylic acids is 1. The van der Waals surface area contributed by atoms with Crippen LogP contribution in [0.5, 0.6) is 5.75 Å². The van der Waals surface area contributed by atoms with Crippen molar-refractivity contribution in [1.29, 1.82) is 0 Å². The van der Waals surface area contributed by atoms with E-state index in [1.54, 1.807) is 17.7 Å². The van der Waals surface area contributed by atoms with Crippen molar-refractivity contribution in [3.63, 3.8) is 0 Å². The van der Waals surface area contributed by atoms with E-state index < -0.39 is 17.4 Å². The molecular weight excluding hydrogens is 256 g/mol. The fourth-order valence-corrected chi connectivity index (χ4v) is 2.45. The summed E-state index contributed by atoms with van der Waals surface area (Å²) in [6.45, 7) is 3.47. The van der Waals surface area contributed by atoms with Crippen molar-refractivity contribution in [1.82, 2.24) is 4.57 Å². The average molecular weight is 272 g/mol. The zero-order valence-electron chi connectivity index (χ0n) is 10.2. The molecule has 1 aromatic rings. The number of rotatable bonds is 5. The van der Waals surface area contributed by atoms with Gasteiger partial charge < -0.3 is 20.5 Å². The van der Waals surface area contributed by atoms with Crippen LogP contribution in [0.4, 0.5) is 0 Å². The van der Waals surface area contributed by atoms with Gasteiger partial charge in [0.15, 0.2) is 5.75 Å². The highest BCUT2D eigenvalue weighted by Crippen LogP contribution is 2.25. The number of hydrogen-bond acceptors (Lipinski definition) is 5. The number of hydrogen-bond donors (Lipinski definition) is 3. The molecule has 0 spiro atoms. The minimum atomic E-state index is -1.05. The molecule has 7 heteroatoms. The van der Waals surface area contributed by atoms with Crippen LogP contribution in [0.1, 0.15) is 18.0 Å². The average Bonchev–Trinajstić information content (AvgIpc) is 2.32. The molecule has 2 unspecified atom stereocenters. The molecule has 0 aliphatic rings. The third-order valence-corrected chi connectivity index (χ3v) is 3.84. The van der Waals surface area contributed by atoms with Gasteiger partial charge in [0.1, 0.15) is 6.04 Å². The molecule has 18 heavy (non-hydrogen) atoms. The van der Waals surface area contributed by atoms with Gasteiger partial charge in [0, 0.05) is 18.0 Å². The summed E-state index contributed by atoms with van der Waals surface area (Å²) in [5.41, 5.74) is 5.43. The molecule has 1 rings (SSSR count). The Labute approximate surface area is 108 Å². The Bertz CT molecular complexity index is 500. The minimum Gasteiger partial charge on any atom is -0.503 e. The monoisotopic (exact) mass is 272 g/mol. The molecule has 0 fully saturated rings. The summed E-state index contributed by atoms with van der Waals surface area (Å²) in [7, 11) is 0. The van der Waals surface area contributed by atoms with E-state index in [2.05, 4.69) is 0 Å². The Morgan fingerprint density at radius 1 is 1.61 bits per heavy atom. The van der Waals surface area contributed by atoms with E-state index in [-0.39, 0.29) is 16.9 Å². The number of carboxylic acid groups (broad SMARTS) is 1. The van der Waals surface area contributed by atoms with Crippen LogP contribution in [0.15, 0.2) is 17.1 Å². The fourth-order valence-electron chi connectivity index (χ4n) is 1.43. The van der Waals surface area contributed by atoms with Crippen LogP contribution < -0.4 is 11.2 Å². The number of aromatic nitrogens is 1. The first-order valence-corrected chi connectivity index (χ1v) is 6.40. The molecule has 0 aliphatic carbocycles. The molecule has 0 saturated carbocycles. The zero-order chi connectivity index (χ0) is 13.9. The Morgan fingerprint density at radius 2 is 2.22 bits per heavy atom. The maximum absolute atomic E-state index is 11.2. The van der Waals surface area contributed by atoms with Crippen LogP contribution in [-0.2, 0) is 4.79 Å². The van der Waals surface area contributed by atoms with Gasteiger partial charge in [-0.05, 0) is 13.8 Å². The van der Waals surface area contributed by atoms with E-state index in [4.69, 9.17) is 10.8 Å². The van der Waals surface area contributed by atoms with Crippen LogP contribution in [0.2, 0.25) is 0 Å². The minimum absolute atomic E-state index is 0.123. The molecular formula is C11H16N2O4S. The van der Waals surface area contributed by atoms with Gasteiger partial charge in [-0.15, -0.1) is 11.8 Å². The van der Waals surface area contributed by atoms with Crippen molar-refractivity contribution >= 4 is 17.7 Å². The molecule has 100 valence electrons. The summed E-state index contributed by atoms with van der Waals surface area (Å²) < 4.78 is 1.70. The summed E-state index contributed by atoms with van der Waals surface area (Å²) in [5.74, 6) is -1.08. The van der Waals surface area contributed by atoms with Gasteiger partial charge in [-0.1, -0.05) is 0 Å². The normalized spacial score (nSPS) is 14.2. The van der Waals surface area contributed by atoms with Crippen LogP contribution in [0.25, 0.3) is 0 Å². The summed E-state index contributed by atoms with van der Waals surface area (Å²) in [5, 5.41) is 18.1. The Hall–Kier alpha value is -1.47. The number of carbonyl (C=O) groups is 1. The van der Waals surface area contributed by atoms with Crippen molar-refractivity contribution in [2.75, 3.05) is 5.75 Å². The van der Waals surface area contributed by atoms with Crippen LogP contribution in [-0.4, -0.2) is 32.5 Å². The summed E-state index contributed by atoms with van der Waals surface area (Å²) in [6, 6.07) is 0.349. The first kappa shape index (κ1) is 14.6. The Morgan fingerprint density at radius 3 is 2.78 bits per heavy atom. The Kier molecular flexibility index (Phi) is 4.80. The van der Waals surface area contributed by atoms with Gasteiger partial charge >= 0.3 is 5.97 Å². The number of nitrogens with zero attached hydrogens (tertiary/aromatic N) is 1. The topological polar surface area (TPSA) is 106 Å². The molecule has 2 atom stereocenters. The fraction of sp³-hybridized carbons (Fsp3) is 0.455. The largest absolute Gasteiger partial charge is 0.503 e. The molecule has 0 aromatic carbocycles. The lowest BCUT2D eigenvalue weighted by Gasteiger charge is -2.19. The first-order valence-electron chi connectivity index (χ1n) is 5.35. The highest BCUT2D eigenvalue weighted by atomic mass is 32.2. The van der Waals surface area contributed by atoms with Crippen LogP contribution >= 0.6 is 11.8 Å². The lowest BCUT2D eigenvalue weighted by Crippen LogP contribution is -2.32. The quantitative estimate of drug-likeness (QED) is 0.722. The molecule has 4 N–H and O–H groups in total. The van der Waals surface area contributed by atoms with E-state index in [9.17, 15) is 14.7 Å². The van der Waals surface area contributed by atoms with Gasteiger partial charge in [-0.3, -0.25) is 9.59 Å². The molecule has 0 saturated heterocycles. The van der Waals surface area contributed by atoms with Crippen molar-refractivity contribution in [3.05, 3.63) is 28.2 Å². The molecule has 0 bridgehead atoms. The van der Waals surface area contributed by atoms with Gasteiger partial charge in [-0.25, -0.2) is 0 Å². The summed E-state index contributed by atoms with van der Waals surface area (Å²) in [6.07, 6.45) is 1.57. The Balaban J connectivity index is 2.79. The second-order valence-electron chi connectivity index (χ2n) is 3.90.